The van der Waals surface area contributed by atoms with Crippen molar-refractivity contribution in [3.63, 3.8) is 0 Å². The molecule has 35 heavy (non-hydrogen) atoms. The number of nitrogens with one attached hydrogen (secondary N) is 1. The molecule has 0 bridgehead atoms. The maximum atomic E-state index is 13.1. The number of benzene rings is 2. The average Bonchev–Trinajstić information content (AvgIpc) is 2.86. The molecule has 1 N–H and O–H groups in total. The number of aryl methyl sites for hydroxylation is 1. The van der Waals surface area contributed by atoms with E-state index in [1.54, 1.807) is 43.3 Å². The minimum atomic E-state index is -3.59. The summed E-state index contributed by atoms with van der Waals surface area (Å²) in [6.45, 7) is 2.83. The molecule has 0 aromatic heterocycles. The average molecular weight is 500 g/mol. The van der Waals surface area contributed by atoms with Crippen molar-refractivity contribution < 1.29 is 27.5 Å². The Kier molecular flexibility index (Phi) is 7.51. The standard InChI is InChI=1S/C25H29N3O6S/c1-2-34-25(31)18-6-9-20(10-7-18)26-23(29)17-28-22-12-11-21(16-19(22)8-13-24(28)30)35(32,33)27-14-4-3-5-15-27/h6-7,9-12,16H,2-5,8,13-15,17H2,1H3,(H,26,29). The molecule has 9 nitrogen and oxygen atoms in total. The normalized spacial score (nSPS) is 16.5. The van der Waals surface area contributed by atoms with Crippen LogP contribution in [0.25, 0.3) is 0 Å². The summed E-state index contributed by atoms with van der Waals surface area (Å²) in [7, 11) is -3.59. The van der Waals surface area contributed by atoms with E-state index in [2.05, 4.69) is 5.32 Å². The van der Waals surface area contributed by atoms with Gasteiger partial charge in [0.05, 0.1) is 17.1 Å². The summed E-state index contributed by atoms with van der Waals surface area (Å²) >= 11 is 0. The largest absolute Gasteiger partial charge is 0.462 e. The van der Waals surface area contributed by atoms with E-state index in [1.165, 1.54) is 15.3 Å². The molecule has 4 rings (SSSR count). The predicted octanol–water partition coefficient (Wildman–Crippen LogP) is 2.96. The van der Waals surface area contributed by atoms with Gasteiger partial charge in [0.25, 0.3) is 0 Å². The van der Waals surface area contributed by atoms with Gasteiger partial charge in [-0.3, -0.25) is 9.59 Å². The van der Waals surface area contributed by atoms with E-state index < -0.39 is 21.9 Å². The van der Waals surface area contributed by atoms with E-state index in [1.807, 2.05) is 0 Å². The van der Waals surface area contributed by atoms with Crippen LogP contribution in [0.4, 0.5) is 11.4 Å². The van der Waals surface area contributed by atoms with Crippen molar-refractivity contribution in [3.05, 3.63) is 53.6 Å². The van der Waals surface area contributed by atoms with Gasteiger partial charge in [0, 0.05) is 30.9 Å². The molecule has 2 aliphatic heterocycles. The van der Waals surface area contributed by atoms with Crippen molar-refractivity contribution >= 4 is 39.2 Å². The monoisotopic (exact) mass is 499 g/mol. The molecule has 2 aliphatic rings. The summed E-state index contributed by atoms with van der Waals surface area (Å²) in [5, 5.41) is 2.73. The summed E-state index contributed by atoms with van der Waals surface area (Å²) in [4.78, 5) is 38.7. The number of rotatable bonds is 7. The summed E-state index contributed by atoms with van der Waals surface area (Å²) in [6.07, 6.45) is 3.36. The van der Waals surface area contributed by atoms with E-state index in [4.69, 9.17) is 4.74 Å². The highest BCUT2D eigenvalue weighted by molar-refractivity contribution is 7.89. The zero-order valence-electron chi connectivity index (χ0n) is 19.7. The second kappa shape index (κ2) is 10.6. The molecule has 0 atom stereocenters. The second-order valence-electron chi connectivity index (χ2n) is 8.58. The lowest BCUT2D eigenvalue weighted by Gasteiger charge is -2.30. The first kappa shape index (κ1) is 24.9. The fraction of sp³-hybridized carbons (Fsp3) is 0.400. The number of nitrogens with zero attached hydrogens (tertiary/aromatic N) is 2. The molecule has 2 aromatic carbocycles. The third-order valence-corrected chi connectivity index (χ3v) is 8.08. The van der Waals surface area contributed by atoms with E-state index >= 15 is 0 Å². The summed E-state index contributed by atoms with van der Waals surface area (Å²) < 4.78 is 32.6. The first-order chi connectivity index (χ1) is 16.8. The van der Waals surface area contributed by atoms with Crippen LogP contribution in [-0.2, 0) is 30.8 Å². The van der Waals surface area contributed by atoms with Crippen molar-refractivity contribution in [1.29, 1.82) is 0 Å². The maximum absolute atomic E-state index is 13.1. The highest BCUT2D eigenvalue weighted by Crippen LogP contribution is 2.31. The number of fused-ring (bicyclic) bond motifs is 1. The molecule has 2 aromatic rings. The molecule has 10 heteroatoms. The Balaban J connectivity index is 1.47. The first-order valence-electron chi connectivity index (χ1n) is 11.8. The van der Waals surface area contributed by atoms with Crippen LogP contribution >= 0.6 is 0 Å². The molecule has 2 amide bonds. The Morgan fingerprint density at radius 1 is 1.00 bits per heavy atom. The molecule has 0 radical (unpaired) electrons. The lowest BCUT2D eigenvalue weighted by Crippen LogP contribution is -2.41. The maximum Gasteiger partial charge on any atom is 0.338 e. The summed E-state index contributed by atoms with van der Waals surface area (Å²) in [6, 6.07) is 11.1. The Labute approximate surface area is 205 Å². The van der Waals surface area contributed by atoms with E-state index in [-0.39, 0.29) is 30.4 Å². The minimum absolute atomic E-state index is 0.196. The van der Waals surface area contributed by atoms with E-state index in [0.717, 1.165) is 24.8 Å². The van der Waals surface area contributed by atoms with Crippen LogP contribution in [0.3, 0.4) is 0 Å². The van der Waals surface area contributed by atoms with Crippen LogP contribution in [0.1, 0.15) is 48.5 Å². The molecular formula is C25H29N3O6S. The fourth-order valence-electron chi connectivity index (χ4n) is 4.37. The predicted molar refractivity (Wildman–Crippen MR) is 131 cm³/mol. The van der Waals surface area contributed by atoms with Crippen LogP contribution in [0, 0.1) is 0 Å². The Hall–Kier alpha value is -3.24. The van der Waals surface area contributed by atoms with Gasteiger partial charge in [-0.15, -0.1) is 0 Å². The van der Waals surface area contributed by atoms with Crippen molar-refractivity contribution in [2.24, 2.45) is 0 Å². The molecule has 1 saturated heterocycles. The van der Waals surface area contributed by atoms with Gasteiger partial charge in [-0.05, 0) is 74.2 Å². The zero-order chi connectivity index (χ0) is 25.0. The van der Waals surface area contributed by atoms with Crippen LogP contribution < -0.4 is 10.2 Å². The Bertz CT molecular complexity index is 1220. The van der Waals surface area contributed by atoms with Gasteiger partial charge in [0.2, 0.25) is 21.8 Å². The number of esters is 1. The number of amides is 2. The van der Waals surface area contributed by atoms with Gasteiger partial charge in [-0.2, -0.15) is 4.31 Å². The highest BCUT2D eigenvalue weighted by Gasteiger charge is 2.30. The SMILES string of the molecule is CCOC(=O)c1ccc(NC(=O)CN2C(=O)CCc3cc(S(=O)(=O)N4CCCCC4)ccc32)cc1. The summed E-state index contributed by atoms with van der Waals surface area (Å²) in [5.74, 6) is -1.04. The minimum Gasteiger partial charge on any atom is -0.462 e. The first-order valence-corrected chi connectivity index (χ1v) is 13.2. The van der Waals surface area contributed by atoms with Gasteiger partial charge in [0.15, 0.2) is 0 Å². The van der Waals surface area contributed by atoms with Gasteiger partial charge in [0.1, 0.15) is 6.54 Å². The number of piperidine rings is 1. The third kappa shape index (κ3) is 5.54. The van der Waals surface area contributed by atoms with E-state index in [0.29, 0.717) is 36.4 Å². The Morgan fingerprint density at radius 3 is 2.40 bits per heavy atom. The molecule has 0 aliphatic carbocycles. The van der Waals surface area contributed by atoms with Crippen molar-refractivity contribution in [1.82, 2.24) is 4.31 Å². The van der Waals surface area contributed by atoms with Gasteiger partial charge in [-0.25, -0.2) is 13.2 Å². The lowest BCUT2D eigenvalue weighted by molar-refractivity contribution is -0.121. The van der Waals surface area contributed by atoms with Gasteiger partial charge in [-0.1, -0.05) is 6.42 Å². The number of hydrogen-bond acceptors (Lipinski definition) is 6. The smallest absolute Gasteiger partial charge is 0.338 e. The Morgan fingerprint density at radius 2 is 1.71 bits per heavy atom. The van der Waals surface area contributed by atoms with Crippen LogP contribution in [0.2, 0.25) is 0 Å². The van der Waals surface area contributed by atoms with E-state index in [9.17, 15) is 22.8 Å². The van der Waals surface area contributed by atoms with Crippen molar-refractivity contribution in [2.45, 2.75) is 43.9 Å². The topological polar surface area (TPSA) is 113 Å². The molecule has 2 heterocycles. The van der Waals surface area contributed by atoms with Crippen LogP contribution in [-0.4, -0.2) is 56.7 Å². The molecule has 0 spiro atoms. The second-order valence-corrected chi connectivity index (χ2v) is 10.5. The van der Waals surface area contributed by atoms with Crippen LogP contribution in [0.15, 0.2) is 47.4 Å². The quantitative estimate of drug-likeness (QED) is 0.586. The summed E-state index contributed by atoms with van der Waals surface area (Å²) in [5.41, 5.74) is 2.14. The number of ether oxygens (including phenoxy) is 1. The molecular weight excluding hydrogens is 470 g/mol. The number of anilines is 2. The number of hydrogen-bond donors (Lipinski definition) is 1. The highest BCUT2D eigenvalue weighted by atomic mass is 32.2. The van der Waals surface area contributed by atoms with Gasteiger partial charge < -0.3 is 15.0 Å². The van der Waals surface area contributed by atoms with Gasteiger partial charge >= 0.3 is 5.97 Å². The third-order valence-electron chi connectivity index (χ3n) is 6.19. The lowest BCUT2D eigenvalue weighted by atomic mass is 10.0. The molecule has 186 valence electrons. The number of sulfonamides is 1. The van der Waals surface area contributed by atoms with Crippen molar-refractivity contribution in [3.8, 4) is 0 Å². The van der Waals surface area contributed by atoms with Crippen LogP contribution in [0.5, 0.6) is 0 Å². The molecule has 0 unspecified atom stereocenters. The molecule has 1 fully saturated rings. The van der Waals surface area contributed by atoms with Crippen molar-refractivity contribution in [2.75, 3.05) is 36.5 Å². The fourth-order valence-corrected chi connectivity index (χ4v) is 5.94. The zero-order valence-corrected chi connectivity index (χ0v) is 20.5. The number of carbonyl (C=O) groups is 3. The number of carbonyl (C=O) groups excluding carboxylic acids is 3. The molecule has 0 saturated carbocycles.